The van der Waals surface area contributed by atoms with Crippen LogP contribution in [0.4, 0.5) is 5.13 Å². The molecule has 0 bridgehead atoms. The van der Waals surface area contributed by atoms with Crippen molar-refractivity contribution in [1.29, 1.82) is 0 Å². The van der Waals surface area contributed by atoms with Gasteiger partial charge in [-0.1, -0.05) is 47.7 Å². The van der Waals surface area contributed by atoms with Crippen LogP contribution in [0.15, 0.2) is 59.1 Å². The van der Waals surface area contributed by atoms with E-state index < -0.39 is 74.1 Å². The summed E-state index contributed by atoms with van der Waals surface area (Å²) in [5.41, 5.74) is 1.66. The number of Topliss-reactive ketones (excluding diaryl/α,β-unsaturated/α-hetero) is 1. The topological polar surface area (TPSA) is 328 Å². The molecule has 1 unspecified atom stereocenters. The zero-order chi connectivity index (χ0) is 46.2. The van der Waals surface area contributed by atoms with Gasteiger partial charge in [0.1, 0.15) is 23.3 Å². The molecule has 2 heterocycles. The van der Waals surface area contributed by atoms with Gasteiger partial charge in [-0.2, -0.15) is 0 Å². The maximum absolute atomic E-state index is 13.0. The van der Waals surface area contributed by atoms with E-state index in [0.717, 1.165) is 11.1 Å². The minimum absolute atomic E-state index is 0.00886. The number of nitrogens with zero attached hydrogens (tertiary/aromatic N) is 5. The van der Waals surface area contributed by atoms with Crippen molar-refractivity contribution >= 4 is 61.9 Å². The second-order valence-corrected chi connectivity index (χ2v) is 17.7. The highest BCUT2D eigenvalue weighted by atomic mass is 32.2. The highest BCUT2D eigenvalue weighted by molar-refractivity contribution is 7.91. The van der Waals surface area contributed by atoms with E-state index in [1.54, 1.807) is 59.4 Å². The molecule has 2 aromatic heterocycles. The Hall–Kier alpha value is -6.33. The number of hydrogen-bond donors (Lipinski definition) is 8. The number of carboxylic acid groups (broad SMARTS) is 1. The first-order valence-electron chi connectivity index (χ1n) is 20.0. The van der Waals surface area contributed by atoms with E-state index in [0.29, 0.717) is 55.7 Å². The second-order valence-electron chi connectivity index (χ2n) is 15.0. The van der Waals surface area contributed by atoms with Crippen molar-refractivity contribution in [2.75, 3.05) is 18.9 Å². The fourth-order valence-corrected chi connectivity index (χ4v) is 7.97. The van der Waals surface area contributed by atoms with Crippen LogP contribution in [0, 0.1) is 5.92 Å². The Balaban J connectivity index is 1.16. The van der Waals surface area contributed by atoms with Crippen molar-refractivity contribution in [2.45, 2.75) is 99.9 Å². The molecule has 0 fully saturated rings. The lowest BCUT2D eigenvalue weighted by molar-refractivity contribution is -0.146. The minimum atomic E-state index is -4.02. The Kier molecular flexibility index (Phi) is 18.2. The van der Waals surface area contributed by atoms with Crippen LogP contribution in [0.25, 0.3) is 0 Å². The van der Waals surface area contributed by atoms with Gasteiger partial charge in [0, 0.05) is 63.9 Å². The lowest BCUT2D eigenvalue weighted by Crippen LogP contribution is -2.46. The van der Waals surface area contributed by atoms with Gasteiger partial charge in [0.15, 0.2) is 0 Å². The number of carboxylic acids is 1. The summed E-state index contributed by atoms with van der Waals surface area (Å²) >= 11 is 0.641. The number of aliphatic carboxylic acids is 1. The quantitative estimate of drug-likeness (QED) is 0.0329. The second kappa shape index (κ2) is 23.2. The number of unbranched alkanes of at least 4 members (excludes halogenated alkanes) is 1. The number of hydrogen-bond acceptors (Lipinski definition) is 15. The van der Waals surface area contributed by atoms with Gasteiger partial charge in [0.05, 0.1) is 11.6 Å². The number of sulfonamides is 1. The van der Waals surface area contributed by atoms with Crippen LogP contribution in [0.2, 0.25) is 0 Å². The average molecular weight is 913 g/mol. The molecule has 0 aliphatic heterocycles. The van der Waals surface area contributed by atoms with E-state index in [-0.39, 0.29) is 54.8 Å². The molecule has 4 rings (SSSR count). The largest absolute Gasteiger partial charge is 0.508 e. The maximum atomic E-state index is 13.0. The fraction of sp³-hybridized carbons (Fsp3) is 0.450. The normalized spacial score (nSPS) is 12.5. The minimum Gasteiger partial charge on any atom is -0.508 e. The highest BCUT2D eigenvalue weighted by Crippen LogP contribution is 2.37. The van der Waals surface area contributed by atoms with Crippen LogP contribution >= 0.6 is 11.3 Å². The number of nitrogens with one attached hydrogen (secondary N) is 4. The number of aryl methyl sites for hydroxylation is 2. The van der Waals surface area contributed by atoms with Gasteiger partial charge in [0.2, 0.25) is 33.1 Å². The third-order valence-electron chi connectivity index (χ3n) is 10.2. The first-order chi connectivity index (χ1) is 29.9. The van der Waals surface area contributed by atoms with Crippen LogP contribution in [0.3, 0.4) is 0 Å². The van der Waals surface area contributed by atoms with E-state index in [9.17, 15) is 52.5 Å². The van der Waals surface area contributed by atoms with Crippen LogP contribution in [0.1, 0.15) is 88.0 Å². The van der Waals surface area contributed by atoms with Crippen molar-refractivity contribution in [1.82, 2.24) is 41.1 Å². The Labute approximate surface area is 367 Å². The molecule has 0 aliphatic rings. The van der Waals surface area contributed by atoms with Crippen molar-refractivity contribution in [3.63, 3.8) is 0 Å². The average Bonchev–Trinajstić information content (AvgIpc) is 3.91. The molecule has 0 saturated carbocycles. The third kappa shape index (κ3) is 15.8. The first kappa shape index (κ1) is 49.3. The molecule has 23 heteroatoms. The Morgan fingerprint density at radius 3 is 2.08 bits per heavy atom. The molecule has 2 atom stereocenters. The van der Waals surface area contributed by atoms with Crippen LogP contribution in [-0.2, 0) is 57.2 Å². The van der Waals surface area contributed by atoms with Gasteiger partial charge >= 0.3 is 5.97 Å². The van der Waals surface area contributed by atoms with E-state index >= 15 is 0 Å². The number of likely N-dealkylation sites (N-methyl/N-ethyl adjacent to an activating group) is 1. The van der Waals surface area contributed by atoms with Crippen LogP contribution in [0.5, 0.6) is 11.5 Å². The number of rotatable bonds is 26. The van der Waals surface area contributed by atoms with Gasteiger partial charge in [0.25, 0.3) is 10.0 Å². The summed E-state index contributed by atoms with van der Waals surface area (Å²) in [5.74, 6) is -4.91. The first-order valence-corrected chi connectivity index (χ1v) is 22.4. The molecule has 21 nitrogen and oxygen atoms in total. The van der Waals surface area contributed by atoms with E-state index in [4.69, 9.17) is 5.14 Å². The Morgan fingerprint density at radius 2 is 1.49 bits per heavy atom. The molecule has 4 aromatic rings. The monoisotopic (exact) mass is 912 g/mol. The van der Waals surface area contributed by atoms with Gasteiger partial charge in [-0.05, 0) is 73.9 Å². The number of benzene rings is 2. The van der Waals surface area contributed by atoms with Gasteiger partial charge < -0.3 is 36.6 Å². The lowest BCUT2D eigenvalue weighted by Gasteiger charge is -2.31. The summed E-state index contributed by atoms with van der Waals surface area (Å²) in [7, 11) is -2.61. The summed E-state index contributed by atoms with van der Waals surface area (Å²) in [6.45, 7) is 2.34. The summed E-state index contributed by atoms with van der Waals surface area (Å²) in [4.78, 5) is 75.5. The van der Waals surface area contributed by atoms with Crippen molar-refractivity contribution in [3.8, 4) is 11.5 Å². The third-order valence-corrected chi connectivity index (χ3v) is 12.3. The number of phenols is 2. The number of carbonyl (C=O) groups is 6. The highest BCUT2D eigenvalue weighted by Gasteiger charge is 2.30. The molecule has 2 aromatic carbocycles. The molecular weight excluding hydrogens is 861 g/mol. The number of aromatic nitrogens is 5. The molecule has 0 radical (unpaired) electrons. The van der Waals surface area contributed by atoms with Gasteiger partial charge in [-0.15, -0.1) is 15.3 Å². The fourth-order valence-electron chi connectivity index (χ4n) is 6.62. The Bertz CT molecular complexity index is 2270. The number of phenolic OH excluding ortho intramolecular Hbond substituents is 2. The zero-order valence-electron chi connectivity index (χ0n) is 34.8. The van der Waals surface area contributed by atoms with Crippen molar-refractivity contribution < 1.29 is 52.5 Å². The Morgan fingerprint density at radius 1 is 0.841 bits per heavy atom. The molecule has 0 aliphatic carbocycles. The molecule has 9 N–H and O–H groups in total. The smallest absolute Gasteiger partial charge is 0.307 e. The number of nitrogens with two attached hydrogens (primary N) is 1. The predicted molar refractivity (Wildman–Crippen MR) is 228 cm³/mol. The standard InChI is InChI=1S/C40H52N10O11S2/c1-40(26-9-13-29(51)14-10-26,27-11-15-30(52)16-12-27)19-17-33(54)43-20-18-31(53)22-25(37(58)59)23-35(56)44-32(36(57)42-2)7-3-4-21-50-24-28(46-49-50)6-5-8-34(55)45-38-47-48-39(62-38)63(41,60)61/h9-16,24-25,32,51-52H,3-8,17-23H2,1-2H3,(H,42,57)(H,43,54)(H,44,56)(H,58,59)(H2,41,60,61)(H,45,47,55)/t25?,32-/m0/s1. The molecule has 0 spiro atoms. The number of anilines is 1. The summed E-state index contributed by atoms with van der Waals surface area (Å²) in [6, 6.07) is 12.3. The molecule has 0 saturated heterocycles. The van der Waals surface area contributed by atoms with E-state index in [1.165, 1.54) is 7.05 Å². The molecule has 63 heavy (non-hydrogen) atoms. The zero-order valence-corrected chi connectivity index (χ0v) is 36.4. The number of primary sulfonamides is 1. The van der Waals surface area contributed by atoms with Crippen molar-refractivity contribution in [2.24, 2.45) is 11.1 Å². The maximum Gasteiger partial charge on any atom is 0.307 e. The lowest BCUT2D eigenvalue weighted by atomic mass is 9.73. The van der Waals surface area contributed by atoms with Gasteiger partial charge in [-0.25, -0.2) is 13.6 Å². The summed E-state index contributed by atoms with van der Waals surface area (Å²) in [5, 5.41) is 59.9. The van der Waals surface area contributed by atoms with Crippen LogP contribution < -0.4 is 26.4 Å². The number of carbonyl (C=O) groups excluding carboxylic acids is 5. The SMILES string of the molecule is CNC(=O)[C@H](CCCCn1cc(CCCC(=O)Nc2nnc(S(N)(=O)=O)s2)nn1)NC(=O)CC(CC(=O)CCNC(=O)CCC(C)(c1ccc(O)cc1)c1ccc(O)cc1)C(=O)O. The number of ketones is 1. The number of amides is 4. The van der Waals surface area contributed by atoms with E-state index in [1.807, 2.05) is 6.92 Å². The summed E-state index contributed by atoms with van der Waals surface area (Å²) in [6.07, 6.45) is 3.21. The number of aromatic hydroxyl groups is 2. The van der Waals surface area contributed by atoms with Crippen LogP contribution in [-0.4, -0.2) is 104 Å². The molecular formula is C40H52N10O11S2. The van der Waals surface area contributed by atoms with Gasteiger partial charge in [-0.3, -0.25) is 33.4 Å². The van der Waals surface area contributed by atoms with E-state index in [2.05, 4.69) is 41.8 Å². The predicted octanol–water partition coefficient (Wildman–Crippen LogP) is 1.89. The molecule has 340 valence electrons. The summed E-state index contributed by atoms with van der Waals surface area (Å²) < 4.78 is 23.9. The van der Waals surface area contributed by atoms with Crippen molar-refractivity contribution in [3.05, 3.63) is 71.5 Å². The molecule has 4 amide bonds.